The lowest BCUT2D eigenvalue weighted by Crippen LogP contribution is -2.33. The monoisotopic (exact) mass is 330 g/mol. The van der Waals surface area contributed by atoms with Gasteiger partial charge in [0.25, 0.3) is 0 Å². The van der Waals surface area contributed by atoms with Gasteiger partial charge in [0.15, 0.2) is 0 Å². The van der Waals surface area contributed by atoms with Gasteiger partial charge in [-0.25, -0.2) is 0 Å². The summed E-state index contributed by atoms with van der Waals surface area (Å²) in [4.78, 5) is 25.6. The summed E-state index contributed by atoms with van der Waals surface area (Å²) in [5.74, 6) is 0.462. The average Bonchev–Trinajstić information content (AvgIpc) is 2.58. The molecular weight excluding hydrogens is 308 g/mol. The molecule has 0 spiro atoms. The summed E-state index contributed by atoms with van der Waals surface area (Å²) in [5, 5.41) is 15.4. The fraction of sp³-hybridized carbons (Fsp3) is 0.471. The molecule has 1 aromatic carbocycles. The standard InChI is InChI=1S/C17H22N4O3/c1-19-9-7-12(8-10-19)11-18-15-13-5-3-4-6-14(13)20(2)17(22)16(15)21(23)24/h3-6,12,18H,7-11H2,1-2H3. The number of pyridine rings is 1. The highest BCUT2D eigenvalue weighted by Crippen LogP contribution is 2.30. The number of hydrogen-bond acceptors (Lipinski definition) is 5. The molecule has 7 nitrogen and oxygen atoms in total. The molecule has 0 aliphatic carbocycles. The SMILES string of the molecule is CN1CCC(CNc2c([N+](=O)[O-])c(=O)n(C)c3ccccc23)CC1. The Kier molecular flexibility index (Phi) is 4.53. The van der Waals surface area contributed by atoms with Gasteiger partial charge in [0, 0.05) is 19.0 Å². The van der Waals surface area contributed by atoms with Gasteiger partial charge in [-0.3, -0.25) is 14.9 Å². The number of likely N-dealkylation sites (tertiary alicyclic amines) is 1. The van der Waals surface area contributed by atoms with Crippen LogP contribution in [0.4, 0.5) is 11.4 Å². The van der Waals surface area contributed by atoms with Crippen LogP contribution in [0.2, 0.25) is 0 Å². The number of rotatable bonds is 4. The summed E-state index contributed by atoms with van der Waals surface area (Å²) < 4.78 is 1.34. The number of aryl methyl sites for hydroxylation is 1. The first-order valence-electron chi connectivity index (χ1n) is 8.17. The summed E-state index contributed by atoms with van der Waals surface area (Å²) >= 11 is 0. The van der Waals surface area contributed by atoms with Crippen LogP contribution in [0.5, 0.6) is 0 Å². The molecule has 1 N–H and O–H groups in total. The maximum Gasteiger partial charge on any atom is 0.357 e. The van der Waals surface area contributed by atoms with Crippen LogP contribution in [0.15, 0.2) is 29.1 Å². The van der Waals surface area contributed by atoms with E-state index < -0.39 is 10.5 Å². The molecule has 1 aliphatic rings. The zero-order valence-electron chi connectivity index (χ0n) is 14.0. The minimum Gasteiger partial charge on any atom is -0.378 e. The molecule has 128 valence electrons. The maximum absolute atomic E-state index is 12.4. The zero-order chi connectivity index (χ0) is 17.3. The van der Waals surface area contributed by atoms with Crippen molar-refractivity contribution in [1.29, 1.82) is 0 Å². The molecule has 24 heavy (non-hydrogen) atoms. The lowest BCUT2D eigenvalue weighted by Gasteiger charge is -2.29. The summed E-state index contributed by atoms with van der Waals surface area (Å²) in [6.07, 6.45) is 2.11. The number of nitro groups is 1. The highest BCUT2D eigenvalue weighted by Gasteiger charge is 2.25. The Morgan fingerprint density at radius 1 is 1.25 bits per heavy atom. The van der Waals surface area contributed by atoms with Gasteiger partial charge in [0.1, 0.15) is 5.69 Å². The Balaban J connectivity index is 1.99. The highest BCUT2D eigenvalue weighted by molar-refractivity contribution is 5.96. The lowest BCUT2D eigenvalue weighted by molar-refractivity contribution is -0.385. The van der Waals surface area contributed by atoms with Crippen molar-refractivity contribution in [2.75, 3.05) is 32.0 Å². The van der Waals surface area contributed by atoms with Crippen molar-refractivity contribution in [3.63, 3.8) is 0 Å². The molecule has 0 atom stereocenters. The molecule has 0 bridgehead atoms. The normalized spacial score (nSPS) is 16.4. The lowest BCUT2D eigenvalue weighted by atomic mass is 9.97. The Bertz CT molecular complexity index is 822. The molecule has 2 heterocycles. The van der Waals surface area contributed by atoms with Gasteiger partial charge in [-0.2, -0.15) is 0 Å². The molecule has 0 amide bonds. The smallest absolute Gasteiger partial charge is 0.357 e. The molecule has 2 aromatic rings. The Labute approximate surface area is 140 Å². The van der Waals surface area contributed by atoms with E-state index in [-0.39, 0.29) is 5.69 Å². The first-order chi connectivity index (χ1) is 11.5. The summed E-state index contributed by atoms with van der Waals surface area (Å²) in [5.41, 5.74) is 0.0883. The van der Waals surface area contributed by atoms with Gasteiger partial charge in [-0.1, -0.05) is 18.2 Å². The molecule has 7 heteroatoms. The third kappa shape index (κ3) is 2.99. The van der Waals surface area contributed by atoms with Gasteiger partial charge in [0.05, 0.1) is 10.4 Å². The van der Waals surface area contributed by atoms with Gasteiger partial charge in [-0.05, 0) is 45.0 Å². The van der Waals surface area contributed by atoms with E-state index >= 15 is 0 Å². The van der Waals surface area contributed by atoms with Crippen molar-refractivity contribution >= 4 is 22.3 Å². The second kappa shape index (κ2) is 6.60. The molecule has 1 saturated heterocycles. The third-order valence-corrected chi connectivity index (χ3v) is 4.87. The molecule has 3 rings (SSSR count). The Hall–Kier alpha value is -2.41. The van der Waals surface area contributed by atoms with Crippen LogP contribution >= 0.6 is 0 Å². The number of aromatic nitrogens is 1. The van der Waals surface area contributed by atoms with Gasteiger partial charge in [-0.15, -0.1) is 0 Å². The third-order valence-electron chi connectivity index (χ3n) is 4.87. The van der Waals surface area contributed by atoms with E-state index in [1.54, 1.807) is 13.1 Å². The van der Waals surface area contributed by atoms with Crippen molar-refractivity contribution in [1.82, 2.24) is 9.47 Å². The molecule has 0 unspecified atom stereocenters. The van der Waals surface area contributed by atoms with Crippen molar-refractivity contribution in [3.05, 3.63) is 44.7 Å². The van der Waals surface area contributed by atoms with Crippen LogP contribution in [-0.4, -0.2) is 41.1 Å². The molecular formula is C17H22N4O3. The summed E-state index contributed by atoms with van der Waals surface area (Å²) in [6.45, 7) is 2.71. The molecule has 1 aromatic heterocycles. The summed E-state index contributed by atoms with van der Waals surface area (Å²) in [7, 11) is 3.67. The number of nitrogens with zero attached hydrogens (tertiary/aromatic N) is 3. The van der Waals surface area contributed by atoms with Crippen LogP contribution in [0.1, 0.15) is 12.8 Å². The molecule has 1 fully saturated rings. The molecule has 0 saturated carbocycles. The highest BCUT2D eigenvalue weighted by atomic mass is 16.6. The van der Waals surface area contributed by atoms with Crippen molar-refractivity contribution < 1.29 is 4.92 Å². The minimum atomic E-state index is -0.579. The van der Waals surface area contributed by atoms with Crippen molar-refractivity contribution in [2.24, 2.45) is 13.0 Å². The first-order valence-corrected chi connectivity index (χ1v) is 8.17. The van der Waals surface area contributed by atoms with E-state index in [1.807, 2.05) is 18.2 Å². The number of anilines is 1. The number of benzene rings is 1. The van der Waals surface area contributed by atoms with E-state index in [2.05, 4.69) is 17.3 Å². The Morgan fingerprint density at radius 3 is 2.58 bits per heavy atom. The van der Waals surface area contributed by atoms with Crippen LogP contribution in [-0.2, 0) is 7.05 Å². The number of nitrogens with one attached hydrogen (secondary N) is 1. The van der Waals surface area contributed by atoms with Crippen LogP contribution in [0.3, 0.4) is 0 Å². The number of para-hydroxylation sites is 1. The predicted molar refractivity (Wildman–Crippen MR) is 94.6 cm³/mol. The van der Waals surface area contributed by atoms with E-state index in [9.17, 15) is 14.9 Å². The van der Waals surface area contributed by atoms with Crippen LogP contribution in [0, 0.1) is 16.0 Å². The van der Waals surface area contributed by atoms with E-state index in [0.717, 1.165) is 25.9 Å². The van der Waals surface area contributed by atoms with Gasteiger partial charge < -0.3 is 14.8 Å². The second-order valence-corrected chi connectivity index (χ2v) is 6.49. The van der Waals surface area contributed by atoms with Gasteiger partial charge in [0.2, 0.25) is 0 Å². The quantitative estimate of drug-likeness (QED) is 0.686. The summed E-state index contributed by atoms with van der Waals surface area (Å²) in [6, 6.07) is 7.28. The number of fused-ring (bicyclic) bond motifs is 1. The largest absolute Gasteiger partial charge is 0.378 e. The second-order valence-electron chi connectivity index (χ2n) is 6.49. The minimum absolute atomic E-state index is 0.345. The zero-order valence-corrected chi connectivity index (χ0v) is 14.0. The molecule has 0 radical (unpaired) electrons. The van der Waals surface area contributed by atoms with Crippen LogP contribution < -0.4 is 10.9 Å². The fourth-order valence-electron chi connectivity index (χ4n) is 3.34. The first kappa shape index (κ1) is 16.4. The van der Waals surface area contributed by atoms with Gasteiger partial charge >= 0.3 is 11.2 Å². The maximum atomic E-state index is 12.4. The average molecular weight is 330 g/mol. The van der Waals surface area contributed by atoms with E-state index in [0.29, 0.717) is 29.1 Å². The fourth-order valence-corrected chi connectivity index (χ4v) is 3.34. The molecule has 1 aliphatic heterocycles. The topological polar surface area (TPSA) is 80.4 Å². The van der Waals surface area contributed by atoms with Crippen molar-refractivity contribution in [3.8, 4) is 0 Å². The van der Waals surface area contributed by atoms with E-state index in [1.165, 1.54) is 4.57 Å². The Morgan fingerprint density at radius 2 is 1.92 bits per heavy atom. The predicted octanol–water partition coefficient (Wildman–Crippen LogP) is 2.20. The number of hydrogen-bond donors (Lipinski definition) is 1. The number of piperidine rings is 1. The van der Waals surface area contributed by atoms with E-state index in [4.69, 9.17) is 0 Å². The van der Waals surface area contributed by atoms with Crippen molar-refractivity contribution in [2.45, 2.75) is 12.8 Å². The van der Waals surface area contributed by atoms with Crippen LogP contribution in [0.25, 0.3) is 10.9 Å².